The van der Waals surface area contributed by atoms with E-state index in [0.29, 0.717) is 11.3 Å². The van der Waals surface area contributed by atoms with E-state index in [1.807, 2.05) is 11.8 Å². The third-order valence-electron chi connectivity index (χ3n) is 1.72. The van der Waals surface area contributed by atoms with Crippen LogP contribution in [0.4, 0.5) is 0 Å². The molecule has 0 bridgehead atoms. The molecule has 0 spiro atoms. The summed E-state index contributed by atoms with van der Waals surface area (Å²) >= 11 is 1.94. The Hall–Kier alpha value is 0.310. The molecule has 0 saturated carbocycles. The Kier molecular flexibility index (Phi) is 4.49. The summed E-state index contributed by atoms with van der Waals surface area (Å²) in [7, 11) is 0. The maximum Gasteiger partial charge on any atom is 0.0179 e. The van der Waals surface area contributed by atoms with Gasteiger partial charge in [-0.2, -0.15) is 11.8 Å². The van der Waals surface area contributed by atoms with Crippen LogP contribution in [0.1, 0.15) is 34.6 Å². The number of nitrogens with two attached hydrogens (primary N) is 1. The van der Waals surface area contributed by atoms with Crippen molar-refractivity contribution in [3.05, 3.63) is 0 Å². The molecule has 2 heteroatoms. The summed E-state index contributed by atoms with van der Waals surface area (Å²) in [5.74, 6) is 1.07. The van der Waals surface area contributed by atoms with Crippen molar-refractivity contribution in [2.24, 2.45) is 11.1 Å². The second kappa shape index (κ2) is 4.36. The summed E-state index contributed by atoms with van der Waals surface area (Å²) in [6.45, 7) is 11.0. The van der Waals surface area contributed by atoms with E-state index in [9.17, 15) is 0 Å². The molecule has 0 aliphatic heterocycles. The van der Waals surface area contributed by atoms with Gasteiger partial charge in [-0.05, 0) is 10.7 Å². The predicted molar refractivity (Wildman–Crippen MR) is 55.0 cm³/mol. The van der Waals surface area contributed by atoms with Crippen LogP contribution in [0.15, 0.2) is 0 Å². The van der Waals surface area contributed by atoms with Crippen LogP contribution in [-0.2, 0) is 0 Å². The fourth-order valence-electron chi connectivity index (χ4n) is 0.546. The van der Waals surface area contributed by atoms with Gasteiger partial charge in [0.15, 0.2) is 0 Å². The summed E-state index contributed by atoms with van der Waals surface area (Å²) in [5, 5.41) is 0.698. The largest absolute Gasteiger partial charge is 0.326 e. The lowest BCUT2D eigenvalue weighted by Crippen LogP contribution is -2.37. The molecule has 0 amide bonds. The molecule has 0 fully saturated rings. The van der Waals surface area contributed by atoms with Gasteiger partial charge < -0.3 is 5.73 Å². The fraction of sp³-hybridized carbons (Fsp3) is 1.00. The molecule has 0 rings (SSSR count). The van der Waals surface area contributed by atoms with Crippen LogP contribution < -0.4 is 5.73 Å². The second-order valence-electron chi connectivity index (χ2n) is 4.35. The van der Waals surface area contributed by atoms with Crippen LogP contribution in [0.5, 0.6) is 0 Å². The van der Waals surface area contributed by atoms with E-state index in [0.717, 1.165) is 5.75 Å². The lowest BCUT2D eigenvalue weighted by molar-refractivity contribution is 0.344. The van der Waals surface area contributed by atoms with Gasteiger partial charge in [-0.3, -0.25) is 0 Å². The monoisotopic (exact) mass is 175 g/mol. The molecule has 1 unspecified atom stereocenters. The third kappa shape index (κ3) is 5.57. The standard InChI is InChI=1S/C9H21NS/c1-7(2)11-6-8(10)9(3,4)5/h7-8H,6,10H2,1-5H3. The summed E-state index contributed by atoms with van der Waals surface area (Å²) in [5.41, 5.74) is 6.23. The minimum absolute atomic E-state index is 0.252. The van der Waals surface area contributed by atoms with Crippen LogP contribution in [0.2, 0.25) is 0 Å². The summed E-state index contributed by atoms with van der Waals surface area (Å²) in [6, 6.07) is 0.315. The van der Waals surface area contributed by atoms with Gasteiger partial charge >= 0.3 is 0 Å². The first-order valence-corrected chi connectivity index (χ1v) is 5.26. The Labute approximate surface area is 75.1 Å². The highest BCUT2D eigenvalue weighted by atomic mass is 32.2. The van der Waals surface area contributed by atoms with Crippen molar-refractivity contribution in [1.29, 1.82) is 0 Å². The van der Waals surface area contributed by atoms with E-state index in [-0.39, 0.29) is 5.41 Å². The van der Waals surface area contributed by atoms with Gasteiger partial charge in [0.1, 0.15) is 0 Å². The molecule has 0 saturated heterocycles. The fourth-order valence-corrected chi connectivity index (χ4v) is 1.64. The molecule has 1 atom stereocenters. The normalized spacial score (nSPS) is 15.5. The number of hydrogen-bond donors (Lipinski definition) is 1. The first kappa shape index (κ1) is 11.3. The lowest BCUT2D eigenvalue weighted by atomic mass is 9.89. The highest BCUT2D eigenvalue weighted by Gasteiger charge is 2.20. The molecule has 11 heavy (non-hydrogen) atoms. The maximum atomic E-state index is 5.98. The van der Waals surface area contributed by atoms with E-state index >= 15 is 0 Å². The molecule has 0 aliphatic rings. The Morgan fingerprint density at radius 3 is 2.00 bits per heavy atom. The molecule has 1 nitrogen and oxygen atoms in total. The molecule has 2 N–H and O–H groups in total. The van der Waals surface area contributed by atoms with Crippen molar-refractivity contribution in [3.63, 3.8) is 0 Å². The highest BCUT2D eigenvalue weighted by molar-refractivity contribution is 7.99. The topological polar surface area (TPSA) is 26.0 Å². The summed E-state index contributed by atoms with van der Waals surface area (Å²) in [4.78, 5) is 0. The molecule has 0 aliphatic carbocycles. The number of thioether (sulfide) groups is 1. The smallest absolute Gasteiger partial charge is 0.0179 e. The van der Waals surface area contributed by atoms with Crippen molar-refractivity contribution in [1.82, 2.24) is 0 Å². The lowest BCUT2D eigenvalue weighted by Gasteiger charge is -2.27. The molecule has 0 aromatic carbocycles. The molecule has 68 valence electrons. The van der Waals surface area contributed by atoms with E-state index in [1.54, 1.807) is 0 Å². The highest BCUT2D eigenvalue weighted by Crippen LogP contribution is 2.22. The predicted octanol–water partition coefficient (Wildman–Crippen LogP) is 2.50. The van der Waals surface area contributed by atoms with Gasteiger partial charge in [0, 0.05) is 11.8 Å². The molecule has 0 aromatic rings. The molecule has 0 aromatic heterocycles. The first-order chi connectivity index (χ1) is 4.84. The van der Waals surface area contributed by atoms with E-state index in [2.05, 4.69) is 34.6 Å². The minimum atomic E-state index is 0.252. The quantitative estimate of drug-likeness (QED) is 0.713. The van der Waals surface area contributed by atoms with Gasteiger partial charge in [-0.1, -0.05) is 34.6 Å². The van der Waals surface area contributed by atoms with Crippen LogP contribution >= 0.6 is 11.8 Å². The Morgan fingerprint density at radius 1 is 1.27 bits per heavy atom. The first-order valence-electron chi connectivity index (χ1n) is 4.21. The average Bonchev–Trinajstić information content (AvgIpc) is 1.80. The molecule has 0 radical (unpaired) electrons. The second-order valence-corrected chi connectivity index (χ2v) is 5.96. The Bertz CT molecular complexity index is 105. The van der Waals surface area contributed by atoms with Gasteiger partial charge in [-0.15, -0.1) is 0 Å². The van der Waals surface area contributed by atoms with Crippen LogP contribution in [-0.4, -0.2) is 17.0 Å². The van der Waals surface area contributed by atoms with Gasteiger partial charge in [0.2, 0.25) is 0 Å². The Morgan fingerprint density at radius 2 is 1.73 bits per heavy atom. The SMILES string of the molecule is CC(C)SCC(N)C(C)(C)C. The van der Waals surface area contributed by atoms with Crippen molar-refractivity contribution in [3.8, 4) is 0 Å². The zero-order valence-electron chi connectivity index (χ0n) is 8.35. The molecule has 0 heterocycles. The Balaban J connectivity index is 3.61. The van der Waals surface area contributed by atoms with Crippen LogP contribution in [0.25, 0.3) is 0 Å². The molecular formula is C9H21NS. The van der Waals surface area contributed by atoms with E-state index in [4.69, 9.17) is 5.73 Å². The van der Waals surface area contributed by atoms with Crippen molar-refractivity contribution in [2.75, 3.05) is 5.75 Å². The molecular weight excluding hydrogens is 154 g/mol. The number of rotatable bonds is 3. The van der Waals surface area contributed by atoms with Crippen LogP contribution in [0.3, 0.4) is 0 Å². The van der Waals surface area contributed by atoms with Gasteiger partial charge in [0.25, 0.3) is 0 Å². The minimum Gasteiger partial charge on any atom is -0.326 e. The maximum absolute atomic E-state index is 5.98. The third-order valence-corrected chi connectivity index (χ3v) is 2.94. The van der Waals surface area contributed by atoms with Gasteiger partial charge in [0.05, 0.1) is 0 Å². The zero-order chi connectivity index (χ0) is 9.07. The van der Waals surface area contributed by atoms with E-state index < -0.39 is 0 Å². The zero-order valence-corrected chi connectivity index (χ0v) is 9.16. The summed E-state index contributed by atoms with van der Waals surface area (Å²) < 4.78 is 0. The van der Waals surface area contributed by atoms with Crippen molar-refractivity contribution in [2.45, 2.75) is 45.9 Å². The number of hydrogen-bond acceptors (Lipinski definition) is 2. The summed E-state index contributed by atoms with van der Waals surface area (Å²) in [6.07, 6.45) is 0. The average molecular weight is 175 g/mol. The van der Waals surface area contributed by atoms with Crippen molar-refractivity contribution >= 4 is 11.8 Å². The van der Waals surface area contributed by atoms with Gasteiger partial charge in [-0.25, -0.2) is 0 Å². The van der Waals surface area contributed by atoms with E-state index in [1.165, 1.54) is 0 Å². The van der Waals surface area contributed by atoms with Crippen molar-refractivity contribution < 1.29 is 0 Å². The van der Waals surface area contributed by atoms with Crippen LogP contribution in [0, 0.1) is 5.41 Å².